The first kappa shape index (κ1) is 23.6. The first-order valence-corrected chi connectivity index (χ1v) is 13.4. The van der Waals surface area contributed by atoms with Gasteiger partial charge in [0.05, 0.1) is 35.2 Å². The number of amides is 1. The predicted molar refractivity (Wildman–Crippen MR) is 136 cm³/mol. The molecule has 0 saturated carbocycles. The van der Waals surface area contributed by atoms with Gasteiger partial charge in [-0.1, -0.05) is 36.0 Å². The Balaban J connectivity index is 1.30. The molecule has 3 aromatic rings. The molecule has 8 nitrogen and oxygen atoms in total. The highest BCUT2D eigenvalue weighted by atomic mass is 32.2. The van der Waals surface area contributed by atoms with Gasteiger partial charge in [-0.15, -0.1) is 0 Å². The molecule has 180 valence electrons. The lowest BCUT2D eigenvalue weighted by Crippen LogP contribution is -2.40. The monoisotopic (exact) mass is 508 g/mol. The molecule has 1 fully saturated rings. The van der Waals surface area contributed by atoms with Gasteiger partial charge >= 0.3 is 0 Å². The maximum absolute atomic E-state index is 12.9. The number of hydrogen-bond donors (Lipinski definition) is 2. The van der Waals surface area contributed by atoms with E-state index in [0.717, 1.165) is 21.8 Å². The van der Waals surface area contributed by atoms with Crippen molar-refractivity contribution in [3.05, 3.63) is 77.9 Å². The zero-order valence-electron chi connectivity index (χ0n) is 19.0. The number of anilines is 2. The second-order valence-corrected chi connectivity index (χ2v) is 11.1. The van der Waals surface area contributed by atoms with Gasteiger partial charge < -0.3 is 10.1 Å². The fourth-order valence-corrected chi connectivity index (χ4v) is 6.28. The zero-order chi connectivity index (χ0) is 24.4. The molecule has 5 rings (SSSR count). The Morgan fingerprint density at radius 1 is 0.971 bits per heavy atom. The number of fused-ring (bicyclic) bond motifs is 2. The Morgan fingerprint density at radius 2 is 1.74 bits per heavy atom. The van der Waals surface area contributed by atoms with Crippen LogP contribution in [0.3, 0.4) is 0 Å². The Morgan fingerprint density at radius 3 is 2.57 bits per heavy atom. The third-order valence-corrected chi connectivity index (χ3v) is 8.85. The van der Waals surface area contributed by atoms with Crippen molar-refractivity contribution in [2.24, 2.45) is 5.10 Å². The first-order chi connectivity index (χ1) is 16.9. The quantitative estimate of drug-likeness (QED) is 0.311. The smallest absolute Gasteiger partial charge is 0.271 e. The second-order valence-electron chi connectivity index (χ2n) is 8.12. The molecule has 0 unspecified atom stereocenters. The molecule has 2 aliphatic heterocycles. The number of para-hydroxylation sites is 1. The first-order valence-electron chi connectivity index (χ1n) is 11.1. The van der Waals surface area contributed by atoms with Crippen LogP contribution in [-0.2, 0) is 14.8 Å². The van der Waals surface area contributed by atoms with Crippen LogP contribution in [0.15, 0.2) is 86.5 Å². The summed E-state index contributed by atoms with van der Waals surface area (Å²) in [7, 11) is -3.69. The van der Waals surface area contributed by atoms with Gasteiger partial charge in [-0.25, -0.2) is 13.8 Å². The molecule has 0 bridgehead atoms. The van der Waals surface area contributed by atoms with Gasteiger partial charge in [-0.3, -0.25) is 4.79 Å². The van der Waals surface area contributed by atoms with Crippen molar-refractivity contribution in [1.29, 1.82) is 0 Å². The molecule has 2 aliphatic rings. The highest BCUT2D eigenvalue weighted by molar-refractivity contribution is 7.99. The number of carbonyl (C=O) groups excluding carboxylic acids is 1. The van der Waals surface area contributed by atoms with Crippen LogP contribution >= 0.6 is 11.8 Å². The van der Waals surface area contributed by atoms with Gasteiger partial charge in [0.2, 0.25) is 10.0 Å². The Kier molecular flexibility index (Phi) is 6.61. The molecule has 0 radical (unpaired) electrons. The predicted octanol–water partition coefficient (Wildman–Crippen LogP) is 4.07. The van der Waals surface area contributed by atoms with Crippen LogP contribution in [0, 0.1) is 0 Å². The number of sulfonamides is 1. The van der Waals surface area contributed by atoms with Crippen LogP contribution in [0.2, 0.25) is 0 Å². The van der Waals surface area contributed by atoms with Gasteiger partial charge in [-0.2, -0.15) is 9.41 Å². The van der Waals surface area contributed by atoms with Crippen molar-refractivity contribution in [2.45, 2.75) is 21.6 Å². The average molecular weight is 509 g/mol. The molecule has 0 spiro atoms. The lowest BCUT2D eigenvalue weighted by atomic mass is 10.1. The van der Waals surface area contributed by atoms with E-state index in [1.807, 2.05) is 43.3 Å². The molecule has 2 heterocycles. The summed E-state index contributed by atoms with van der Waals surface area (Å²) in [6.45, 7) is 3.11. The van der Waals surface area contributed by atoms with E-state index in [1.54, 1.807) is 23.9 Å². The van der Waals surface area contributed by atoms with E-state index < -0.39 is 15.9 Å². The molecule has 1 amide bonds. The van der Waals surface area contributed by atoms with E-state index in [1.165, 1.54) is 21.3 Å². The van der Waals surface area contributed by atoms with Crippen LogP contribution in [-0.4, -0.2) is 50.6 Å². The van der Waals surface area contributed by atoms with E-state index in [4.69, 9.17) is 4.74 Å². The molecule has 1 saturated heterocycles. The minimum Gasteiger partial charge on any atom is -0.379 e. The number of rotatable bonds is 5. The largest absolute Gasteiger partial charge is 0.379 e. The average Bonchev–Trinajstić information content (AvgIpc) is 2.90. The number of hydrazone groups is 1. The van der Waals surface area contributed by atoms with E-state index in [2.05, 4.69) is 21.9 Å². The zero-order valence-corrected chi connectivity index (χ0v) is 20.7. The van der Waals surface area contributed by atoms with Crippen molar-refractivity contribution in [3.8, 4) is 0 Å². The van der Waals surface area contributed by atoms with Gasteiger partial charge in [0, 0.05) is 28.4 Å². The Labute approximate surface area is 208 Å². The number of morpholine rings is 1. The number of hydrogen-bond acceptors (Lipinski definition) is 7. The highest BCUT2D eigenvalue weighted by Crippen LogP contribution is 2.44. The van der Waals surface area contributed by atoms with Gasteiger partial charge in [-0.05, 0) is 55.0 Å². The van der Waals surface area contributed by atoms with Crippen molar-refractivity contribution in [2.75, 3.05) is 31.6 Å². The number of nitrogens with zero attached hydrogens (tertiary/aromatic N) is 2. The fraction of sp³-hybridized carbons (Fsp3) is 0.200. The lowest BCUT2D eigenvalue weighted by molar-refractivity contribution is 0.0730. The maximum atomic E-state index is 12.9. The number of carbonyl (C=O) groups is 1. The van der Waals surface area contributed by atoms with Crippen LogP contribution in [0.1, 0.15) is 22.8 Å². The third kappa shape index (κ3) is 4.96. The van der Waals surface area contributed by atoms with Crippen LogP contribution in [0.4, 0.5) is 11.4 Å². The number of nitrogens with one attached hydrogen (secondary N) is 2. The van der Waals surface area contributed by atoms with Crippen LogP contribution in [0.5, 0.6) is 0 Å². The summed E-state index contributed by atoms with van der Waals surface area (Å²) in [5.41, 5.74) is 6.29. The standard InChI is InChI=1S/C25H24N4O4S2/c1-17(18-9-10-24-22(16-18)26-21-7-2-3-8-23(21)34-24)27-28-25(30)19-5-4-6-20(15-19)35(31,32)29-11-13-33-14-12-29/h2-10,15-16,26H,11-14H2,1H3,(H,28,30)/b27-17+. The van der Waals surface area contributed by atoms with Crippen molar-refractivity contribution in [1.82, 2.24) is 9.73 Å². The van der Waals surface area contributed by atoms with Gasteiger partial charge in [0.15, 0.2) is 0 Å². The molecular formula is C25H24N4O4S2. The number of ether oxygens (including phenoxy) is 1. The third-order valence-electron chi connectivity index (χ3n) is 5.80. The SMILES string of the molecule is C/C(=N\NC(=O)c1cccc(S(=O)(=O)N2CCOCC2)c1)c1ccc2c(c1)Nc1ccccc1S2. The minimum absolute atomic E-state index is 0.0753. The molecule has 2 N–H and O–H groups in total. The van der Waals surface area contributed by atoms with Crippen molar-refractivity contribution in [3.63, 3.8) is 0 Å². The summed E-state index contributed by atoms with van der Waals surface area (Å²) >= 11 is 1.70. The summed E-state index contributed by atoms with van der Waals surface area (Å²) in [6, 6.07) is 20.1. The fourth-order valence-electron chi connectivity index (χ4n) is 3.86. The topological polar surface area (TPSA) is 100 Å². The summed E-state index contributed by atoms with van der Waals surface area (Å²) in [6.07, 6.45) is 0. The molecule has 3 aromatic carbocycles. The van der Waals surface area contributed by atoms with E-state index in [-0.39, 0.29) is 10.5 Å². The van der Waals surface area contributed by atoms with Gasteiger partial charge in [0.1, 0.15) is 0 Å². The summed E-state index contributed by atoms with van der Waals surface area (Å²) in [5.74, 6) is -0.482. The summed E-state index contributed by atoms with van der Waals surface area (Å²) in [5, 5.41) is 7.69. The lowest BCUT2D eigenvalue weighted by Gasteiger charge is -2.26. The Hall–Kier alpha value is -3.18. The molecule has 0 aliphatic carbocycles. The van der Waals surface area contributed by atoms with Crippen LogP contribution < -0.4 is 10.7 Å². The van der Waals surface area contributed by atoms with Crippen LogP contribution in [0.25, 0.3) is 0 Å². The van der Waals surface area contributed by atoms with E-state index in [9.17, 15) is 13.2 Å². The second kappa shape index (κ2) is 9.82. The molecule has 0 atom stereocenters. The normalized spacial score (nSPS) is 16.1. The molecular weight excluding hydrogens is 484 g/mol. The van der Waals surface area contributed by atoms with Gasteiger partial charge in [0.25, 0.3) is 5.91 Å². The molecule has 0 aromatic heterocycles. The summed E-state index contributed by atoms with van der Waals surface area (Å²) in [4.78, 5) is 15.1. The van der Waals surface area contributed by atoms with E-state index >= 15 is 0 Å². The molecule has 10 heteroatoms. The van der Waals surface area contributed by atoms with Crippen molar-refractivity contribution < 1.29 is 17.9 Å². The minimum atomic E-state index is -3.69. The Bertz CT molecular complexity index is 1420. The van der Waals surface area contributed by atoms with Crippen molar-refractivity contribution >= 4 is 44.8 Å². The maximum Gasteiger partial charge on any atom is 0.271 e. The number of benzene rings is 3. The highest BCUT2D eigenvalue weighted by Gasteiger charge is 2.27. The van der Waals surface area contributed by atoms with E-state index in [0.29, 0.717) is 32.0 Å². The molecule has 35 heavy (non-hydrogen) atoms. The summed E-state index contributed by atoms with van der Waals surface area (Å²) < 4.78 is 32.4.